The van der Waals surface area contributed by atoms with Crippen LogP contribution in [0.1, 0.15) is 87.2 Å². The Bertz CT molecular complexity index is 1570. The molecule has 1 heterocycles. The molecule has 0 radical (unpaired) electrons. The number of fused-ring (bicyclic) bond motifs is 1. The highest BCUT2D eigenvalue weighted by Gasteiger charge is 2.64. The lowest BCUT2D eigenvalue weighted by atomic mass is 9.91. The Labute approximate surface area is 287 Å². The molecule has 3 aliphatic carbocycles. The lowest BCUT2D eigenvalue weighted by Crippen LogP contribution is -2.45. The number of aliphatic hydroxyl groups is 1. The zero-order valence-corrected chi connectivity index (χ0v) is 28.4. The number of carbonyl (C=O) groups is 3. The molecule has 10 heteroatoms. The number of amides is 1. The summed E-state index contributed by atoms with van der Waals surface area (Å²) in [6, 6.07) is 13.6. The number of hydrogen-bond donors (Lipinski definition) is 3. The Morgan fingerprint density at radius 1 is 1.02 bits per heavy atom. The number of carbonyl (C=O) groups excluding carboxylic acids is 3. The molecule has 4 aliphatic rings. The third-order valence-corrected chi connectivity index (χ3v) is 9.42. The van der Waals surface area contributed by atoms with Gasteiger partial charge in [-0.1, -0.05) is 42.5 Å². The molecule has 0 bridgehead atoms. The van der Waals surface area contributed by atoms with Crippen molar-refractivity contribution in [2.45, 2.75) is 108 Å². The molecule has 1 aliphatic heterocycles. The van der Waals surface area contributed by atoms with Crippen molar-refractivity contribution in [3.8, 4) is 5.75 Å². The van der Waals surface area contributed by atoms with Crippen LogP contribution in [0.5, 0.6) is 5.75 Å². The lowest BCUT2D eigenvalue weighted by Gasteiger charge is -2.31. The minimum Gasteiger partial charge on any atom is -0.508 e. The van der Waals surface area contributed by atoms with Crippen molar-refractivity contribution < 1.29 is 43.5 Å². The van der Waals surface area contributed by atoms with E-state index in [4.69, 9.17) is 18.9 Å². The third-order valence-electron chi connectivity index (χ3n) is 9.42. The molecule has 3 fully saturated rings. The molecular weight excluding hydrogens is 626 g/mol. The average Bonchev–Trinajstić information content (AvgIpc) is 4.01. The largest absolute Gasteiger partial charge is 0.508 e. The van der Waals surface area contributed by atoms with Crippen LogP contribution in [0.4, 0.5) is 0 Å². The van der Waals surface area contributed by atoms with E-state index >= 15 is 0 Å². The summed E-state index contributed by atoms with van der Waals surface area (Å²) in [7, 11) is 0. The van der Waals surface area contributed by atoms with Crippen molar-refractivity contribution >= 4 is 23.9 Å². The third kappa shape index (κ3) is 8.60. The lowest BCUT2D eigenvalue weighted by molar-refractivity contribution is -0.209. The van der Waals surface area contributed by atoms with E-state index in [0.29, 0.717) is 17.6 Å². The summed E-state index contributed by atoms with van der Waals surface area (Å²) in [4.78, 5) is 39.3. The second-order valence-corrected chi connectivity index (χ2v) is 14.6. The van der Waals surface area contributed by atoms with E-state index in [9.17, 15) is 24.6 Å². The van der Waals surface area contributed by atoms with E-state index in [0.717, 1.165) is 36.8 Å². The van der Waals surface area contributed by atoms with Crippen LogP contribution in [0.2, 0.25) is 0 Å². The Hall–Kier alpha value is -3.99. The summed E-state index contributed by atoms with van der Waals surface area (Å²) in [5.74, 6) is -1.26. The van der Waals surface area contributed by atoms with E-state index in [1.165, 1.54) is 0 Å². The maximum Gasteiger partial charge on any atom is 0.338 e. The first-order valence-corrected chi connectivity index (χ1v) is 17.4. The number of para-hydroxylation sites is 1. The summed E-state index contributed by atoms with van der Waals surface area (Å²) in [6.45, 7) is 5.00. The SMILES string of the molecule is CC(C)(C)OC(=O)CC[C@@H](CO)NC(=O)C1=C[C@H]2OC(C3CC3)(C3CC3)O[C@H]2[C@H](OC(=O)c2ccc(C=CCc3ccccc3O)cc2)C1. The van der Waals surface area contributed by atoms with Gasteiger partial charge in [-0.05, 0) is 94.7 Å². The number of allylic oxidation sites excluding steroid dienone is 1. The van der Waals surface area contributed by atoms with E-state index in [2.05, 4.69) is 5.32 Å². The maximum absolute atomic E-state index is 13.6. The molecule has 0 unspecified atom stereocenters. The predicted molar refractivity (Wildman–Crippen MR) is 181 cm³/mol. The van der Waals surface area contributed by atoms with Crippen molar-refractivity contribution in [1.29, 1.82) is 0 Å². The topological polar surface area (TPSA) is 141 Å². The molecule has 1 saturated heterocycles. The van der Waals surface area contributed by atoms with Crippen molar-refractivity contribution in [2.75, 3.05) is 6.61 Å². The molecule has 3 N–H and O–H groups in total. The summed E-state index contributed by atoms with van der Waals surface area (Å²) < 4.78 is 24.8. The number of esters is 2. The smallest absolute Gasteiger partial charge is 0.338 e. The van der Waals surface area contributed by atoms with Crippen molar-refractivity contribution in [3.05, 3.63) is 82.9 Å². The van der Waals surface area contributed by atoms with Gasteiger partial charge in [0.25, 0.3) is 0 Å². The molecule has 1 amide bonds. The van der Waals surface area contributed by atoms with Gasteiger partial charge in [-0.25, -0.2) is 4.79 Å². The Kier molecular flexibility index (Phi) is 10.3. The number of aliphatic hydroxyl groups excluding tert-OH is 1. The fourth-order valence-corrected chi connectivity index (χ4v) is 6.68. The summed E-state index contributed by atoms with van der Waals surface area (Å²) >= 11 is 0. The minimum atomic E-state index is -0.768. The number of aromatic hydroxyl groups is 1. The molecule has 10 nitrogen and oxygen atoms in total. The highest BCUT2D eigenvalue weighted by Crippen LogP contribution is 2.59. The van der Waals surface area contributed by atoms with E-state index in [1.54, 1.807) is 51.1 Å². The summed E-state index contributed by atoms with van der Waals surface area (Å²) in [5.41, 5.74) is 1.84. The van der Waals surface area contributed by atoms with Gasteiger partial charge in [-0.3, -0.25) is 9.59 Å². The Morgan fingerprint density at radius 2 is 1.71 bits per heavy atom. The second-order valence-electron chi connectivity index (χ2n) is 14.6. The molecule has 0 aromatic heterocycles. The van der Waals surface area contributed by atoms with E-state index in [1.807, 2.05) is 36.4 Å². The van der Waals surface area contributed by atoms with Gasteiger partial charge >= 0.3 is 11.9 Å². The molecule has 2 aromatic rings. The van der Waals surface area contributed by atoms with Crippen LogP contribution >= 0.6 is 0 Å². The molecule has 262 valence electrons. The van der Waals surface area contributed by atoms with Gasteiger partial charge in [0.15, 0.2) is 5.79 Å². The van der Waals surface area contributed by atoms with E-state index < -0.39 is 53.6 Å². The van der Waals surface area contributed by atoms with E-state index in [-0.39, 0.29) is 43.5 Å². The Morgan fingerprint density at radius 3 is 2.35 bits per heavy atom. The average molecular weight is 674 g/mol. The van der Waals surface area contributed by atoms with Crippen molar-refractivity contribution in [3.63, 3.8) is 0 Å². The normalized spacial score (nSPS) is 23.8. The maximum atomic E-state index is 13.6. The van der Waals surface area contributed by atoms with Gasteiger partial charge in [0, 0.05) is 30.3 Å². The van der Waals surface area contributed by atoms with Crippen molar-refractivity contribution in [1.82, 2.24) is 5.32 Å². The number of benzene rings is 2. The van der Waals surface area contributed by atoms with Crippen LogP contribution < -0.4 is 5.32 Å². The van der Waals surface area contributed by atoms with Crippen LogP contribution in [0.3, 0.4) is 0 Å². The standard InChI is InChI=1S/C39H47NO9/c1-38(2,3)48-34(43)20-19-30(23-41)40-36(44)27-21-32(35-33(22-27)47-39(49-35,28-15-16-28)29-17-18-29)46-37(45)26-13-11-24(12-14-26)7-6-9-25-8-4-5-10-31(25)42/h4-8,10-14,22,28-30,32-33,35,41-42H,9,15-21,23H2,1-3H3,(H,40,44)/t30-,32+,33+,35-/m0/s1. The molecule has 49 heavy (non-hydrogen) atoms. The number of phenols is 1. The zero-order chi connectivity index (χ0) is 34.8. The first-order chi connectivity index (χ1) is 23.4. The molecule has 6 rings (SSSR count). The van der Waals surface area contributed by atoms with Crippen LogP contribution in [-0.4, -0.2) is 70.4 Å². The second kappa shape index (κ2) is 14.5. The van der Waals surface area contributed by atoms with Crippen LogP contribution in [0.25, 0.3) is 6.08 Å². The highest BCUT2D eigenvalue weighted by atomic mass is 16.8. The summed E-state index contributed by atoms with van der Waals surface area (Å²) in [6.07, 6.45) is 8.75. The van der Waals surface area contributed by atoms with Gasteiger partial charge in [0.05, 0.1) is 18.2 Å². The van der Waals surface area contributed by atoms with Gasteiger partial charge in [-0.15, -0.1) is 0 Å². The van der Waals surface area contributed by atoms with Gasteiger partial charge in [0.1, 0.15) is 29.7 Å². The van der Waals surface area contributed by atoms with Crippen LogP contribution in [0.15, 0.2) is 66.3 Å². The molecule has 2 aromatic carbocycles. The zero-order valence-electron chi connectivity index (χ0n) is 28.4. The predicted octanol–water partition coefficient (Wildman–Crippen LogP) is 5.40. The molecular formula is C39H47NO9. The number of nitrogens with one attached hydrogen (secondary N) is 1. The number of hydrogen-bond acceptors (Lipinski definition) is 9. The van der Waals surface area contributed by atoms with Crippen LogP contribution in [-0.2, 0) is 35.0 Å². The van der Waals surface area contributed by atoms with Gasteiger partial charge in [0.2, 0.25) is 5.91 Å². The monoisotopic (exact) mass is 673 g/mol. The highest BCUT2D eigenvalue weighted by molar-refractivity contribution is 5.94. The fourth-order valence-electron chi connectivity index (χ4n) is 6.68. The number of rotatable bonds is 13. The first-order valence-electron chi connectivity index (χ1n) is 17.4. The molecule has 0 spiro atoms. The Balaban J connectivity index is 1.13. The molecule has 2 saturated carbocycles. The fraction of sp³-hybridized carbons (Fsp3) is 0.513. The van der Waals surface area contributed by atoms with Crippen molar-refractivity contribution in [2.24, 2.45) is 11.8 Å². The van der Waals surface area contributed by atoms with Crippen LogP contribution in [0, 0.1) is 11.8 Å². The molecule has 4 atom stereocenters. The number of ether oxygens (including phenoxy) is 4. The van der Waals surface area contributed by atoms with Gasteiger partial charge in [-0.2, -0.15) is 0 Å². The quantitative estimate of drug-likeness (QED) is 0.238. The minimum absolute atomic E-state index is 0.0419. The first kappa shape index (κ1) is 34.9. The number of phenolic OH excluding ortho intramolecular Hbond substituents is 1. The summed E-state index contributed by atoms with van der Waals surface area (Å²) in [5, 5.41) is 22.8. The van der Waals surface area contributed by atoms with Gasteiger partial charge < -0.3 is 34.5 Å².